The molecule has 0 aliphatic carbocycles. The summed E-state index contributed by atoms with van der Waals surface area (Å²) in [7, 11) is 1.78. The van der Waals surface area contributed by atoms with Gasteiger partial charge in [0.2, 0.25) is 0 Å². The number of aliphatic imine (C=N–C) groups is 1. The standard InChI is InChI=1S/C20H30N4OS/c1-14(2)8-9-25-18-10-15(3)6-7-17(18)11-22-20(21-5)23-12-19-16(4)24-13-26-19/h6-7,10,13-14H,8-9,11-12H2,1-5H3,(H2,21,22,23). The third-order valence-corrected chi connectivity index (χ3v) is 5.04. The Balaban J connectivity index is 1.93. The van der Waals surface area contributed by atoms with Crippen LogP contribution in [0.15, 0.2) is 28.7 Å². The van der Waals surface area contributed by atoms with Crippen LogP contribution in [0.25, 0.3) is 0 Å². The molecule has 142 valence electrons. The summed E-state index contributed by atoms with van der Waals surface area (Å²) in [4.78, 5) is 9.80. The van der Waals surface area contributed by atoms with E-state index < -0.39 is 0 Å². The fourth-order valence-electron chi connectivity index (χ4n) is 2.41. The first-order valence-corrected chi connectivity index (χ1v) is 9.93. The number of rotatable bonds is 8. The number of thiazole rings is 1. The van der Waals surface area contributed by atoms with E-state index in [2.05, 4.69) is 59.6 Å². The minimum atomic E-state index is 0.639. The Morgan fingerprint density at radius 3 is 2.65 bits per heavy atom. The van der Waals surface area contributed by atoms with Gasteiger partial charge in [0, 0.05) is 24.0 Å². The molecule has 0 bridgehead atoms. The molecule has 5 nitrogen and oxygen atoms in total. The zero-order valence-corrected chi connectivity index (χ0v) is 17.2. The lowest BCUT2D eigenvalue weighted by molar-refractivity contribution is 0.286. The predicted molar refractivity (Wildman–Crippen MR) is 110 cm³/mol. The SMILES string of the molecule is CN=C(NCc1ccc(C)cc1OCCC(C)C)NCc1scnc1C. The van der Waals surface area contributed by atoms with Gasteiger partial charge >= 0.3 is 0 Å². The second kappa shape index (κ2) is 10.2. The molecule has 0 saturated carbocycles. The molecule has 1 heterocycles. The van der Waals surface area contributed by atoms with Crippen molar-refractivity contribution >= 4 is 17.3 Å². The fraction of sp³-hybridized carbons (Fsp3) is 0.500. The van der Waals surface area contributed by atoms with Crippen LogP contribution < -0.4 is 15.4 Å². The van der Waals surface area contributed by atoms with Crippen LogP contribution in [0.2, 0.25) is 0 Å². The van der Waals surface area contributed by atoms with Gasteiger partial charge in [-0.15, -0.1) is 11.3 Å². The summed E-state index contributed by atoms with van der Waals surface area (Å²) in [6.07, 6.45) is 1.05. The zero-order chi connectivity index (χ0) is 18.9. The highest BCUT2D eigenvalue weighted by Gasteiger charge is 2.07. The molecular formula is C20H30N4OS. The van der Waals surface area contributed by atoms with Crippen molar-refractivity contribution in [2.75, 3.05) is 13.7 Å². The van der Waals surface area contributed by atoms with E-state index in [1.165, 1.54) is 10.4 Å². The van der Waals surface area contributed by atoms with Gasteiger partial charge in [-0.1, -0.05) is 26.0 Å². The van der Waals surface area contributed by atoms with Crippen molar-refractivity contribution in [1.82, 2.24) is 15.6 Å². The van der Waals surface area contributed by atoms with Gasteiger partial charge in [0.15, 0.2) is 5.96 Å². The van der Waals surface area contributed by atoms with Gasteiger partial charge in [0.1, 0.15) is 5.75 Å². The molecule has 0 radical (unpaired) electrons. The van der Waals surface area contributed by atoms with Gasteiger partial charge in [-0.3, -0.25) is 4.99 Å². The van der Waals surface area contributed by atoms with Gasteiger partial charge in [-0.05, 0) is 37.8 Å². The first kappa shape index (κ1) is 20.2. The maximum absolute atomic E-state index is 6.02. The maximum atomic E-state index is 6.02. The van der Waals surface area contributed by atoms with Crippen LogP contribution in [0.4, 0.5) is 0 Å². The van der Waals surface area contributed by atoms with E-state index in [1.807, 2.05) is 12.4 Å². The number of aromatic nitrogens is 1. The summed E-state index contributed by atoms with van der Waals surface area (Å²) in [6, 6.07) is 6.34. The number of hydrogen-bond donors (Lipinski definition) is 2. The van der Waals surface area contributed by atoms with Crippen LogP contribution in [0.3, 0.4) is 0 Å². The molecule has 2 rings (SSSR count). The Hall–Kier alpha value is -2.08. The lowest BCUT2D eigenvalue weighted by atomic mass is 10.1. The molecule has 0 unspecified atom stereocenters. The Morgan fingerprint density at radius 2 is 2.00 bits per heavy atom. The van der Waals surface area contributed by atoms with Gasteiger partial charge in [-0.2, -0.15) is 0 Å². The largest absolute Gasteiger partial charge is 0.493 e. The lowest BCUT2D eigenvalue weighted by Gasteiger charge is -2.16. The molecule has 0 atom stereocenters. The van der Waals surface area contributed by atoms with Crippen LogP contribution in [0, 0.1) is 19.8 Å². The number of hydrogen-bond acceptors (Lipinski definition) is 4. The van der Waals surface area contributed by atoms with E-state index in [-0.39, 0.29) is 0 Å². The predicted octanol–water partition coefficient (Wildman–Crippen LogP) is 4.05. The number of ether oxygens (including phenoxy) is 1. The molecule has 0 amide bonds. The third kappa shape index (κ3) is 6.33. The maximum Gasteiger partial charge on any atom is 0.191 e. The Kier molecular flexibility index (Phi) is 7.91. The first-order valence-electron chi connectivity index (χ1n) is 9.05. The van der Waals surface area contributed by atoms with E-state index in [0.29, 0.717) is 12.5 Å². The molecule has 26 heavy (non-hydrogen) atoms. The fourth-order valence-corrected chi connectivity index (χ4v) is 3.12. The second-order valence-corrected chi connectivity index (χ2v) is 7.72. The molecule has 1 aromatic heterocycles. The van der Waals surface area contributed by atoms with Crippen LogP contribution >= 0.6 is 11.3 Å². The van der Waals surface area contributed by atoms with Gasteiger partial charge in [-0.25, -0.2) is 4.98 Å². The first-order chi connectivity index (χ1) is 12.5. The summed E-state index contributed by atoms with van der Waals surface area (Å²) in [5, 5.41) is 6.71. The molecular weight excluding hydrogens is 344 g/mol. The number of guanidine groups is 1. The summed E-state index contributed by atoms with van der Waals surface area (Å²) >= 11 is 1.66. The Labute approximate surface area is 160 Å². The summed E-state index contributed by atoms with van der Waals surface area (Å²) < 4.78 is 6.02. The highest BCUT2D eigenvalue weighted by atomic mass is 32.1. The summed E-state index contributed by atoms with van der Waals surface area (Å²) in [6.45, 7) is 10.7. The van der Waals surface area contributed by atoms with E-state index in [1.54, 1.807) is 18.4 Å². The quantitative estimate of drug-likeness (QED) is 0.541. The third-order valence-electron chi connectivity index (χ3n) is 4.11. The molecule has 0 aliphatic heterocycles. The zero-order valence-electron chi connectivity index (χ0n) is 16.4. The van der Waals surface area contributed by atoms with Gasteiger partial charge in [0.25, 0.3) is 0 Å². The molecule has 0 spiro atoms. The summed E-state index contributed by atoms with van der Waals surface area (Å²) in [5.41, 5.74) is 5.28. The minimum Gasteiger partial charge on any atom is -0.493 e. The molecule has 6 heteroatoms. The van der Waals surface area contributed by atoms with Crippen LogP contribution in [0.5, 0.6) is 5.75 Å². The monoisotopic (exact) mass is 374 g/mol. The second-order valence-electron chi connectivity index (χ2n) is 6.78. The number of nitrogens with one attached hydrogen (secondary N) is 2. The highest BCUT2D eigenvalue weighted by Crippen LogP contribution is 2.21. The van der Waals surface area contributed by atoms with Crippen molar-refractivity contribution in [1.29, 1.82) is 0 Å². The number of aryl methyl sites for hydroxylation is 2. The number of nitrogens with zero attached hydrogens (tertiary/aromatic N) is 2. The average molecular weight is 375 g/mol. The van der Waals surface area contributed by atoms with Gasteiger partial charge < -0.3 is 15.4 Å². The lowest BCUT2D eigenvalue weighted by Crippen LogP contribution is -2.36. The van der Waals surface area contributed by atoms with Crippen molar-refractivity contribution in [2.24, 2.45) is 10.9 Å². The Bertz CT molecular complexity index is 724. The normalized spacial score (nSPS) is 11.7. The average Bonchev–Trinajstić information content (AvgIpc) is 3.01. The van der Waals surface area contributed by atoms with Crippen LogP contribution in [-0.4, -0.2) is 24.6 Å². The van der Waals surface area contributed by atoms with E-state index in [4.69, 9.17) is 4.74 Å². The highest BCUT2D eigenvalue weighted by molar-refractivity contribution is 7.09. The van der Waals surface area contributed by atoms with Crippen molar-refractivity contribution in [3.63, 3.8) is 0 Å². The van der Waals surface area contributed by atoms with Crippen molar-refractivity contribution in [3.05, 3.63) is 45.4 Å². The molecule has 0 saturated heterocycles. The summed E-state index contributed by atoms with van der Waals surface area (Å²) in [5.74, 6) is 2.36. The Morgan fingerprint density at radius 1 is 1.23 bits per heavy atom. The molecule has 2 N–H and O–H groups in total. The minimum absolute atomic E-state index is 0.639. The molecule has 2 aromatic rings. The molecule has 0 aliphatic rings. The molecule has 0 fully saturated rings. The molecule has 1 aromatic carbocycles. The van der Waals surface area contributed by atoms with E-state index >= 15 is 0 Å². The smallest absolute Gasteiger partial charge is 0.191 e. The topological polar surface area (TPSA) is 58.5 Å². The van der Waals surface area contributed by atoms with Crippen molar-refractivity contribution in [2.45, 2.75) is 47.2 Å². The van der Waals surface area contributed by atoms with Crippen molar-refractivity contribution < 1.29 is 4.74 Å². The number of benzene rings is 1. The van der Waals surface area contributed by atoms with Crippen LogP contribution in [0.1, 0.15) is 42.0 Å². The van der Waals surface area contributed by atoms with E-state index in [0.717, 1.165) is 42.5 Å². The van der Waals surface area contributed by atoms with Gasteiger partial charge in [0.05, 0.1) is 24.4 Å². The van der Waals surface area contributed by atoms with Crippen molar-refractivity contribution in [3.8, 4) is 5.75 Å². The van der Waals surface area contributed by atoms with Crippen LogP contribution in [-0.2, 0) is 13.1 Å². The van der Waals surface area contributed by atoms with E-state index in [9.17, 15) is 0 Å².